The number of ether oxygens (including phenoxy) is 1. The van der Waals surface area contributed by atoms with E-state index in [1.165, 1.54) is 6.07 Å². The van der Waals surface area contributed by atoms with Crippen LogP contribution in [0.4, 0.5) is 16.2 Å². The number of phenolic OH excluding ortho intramolecular Hbond substituents is 1. The molecule has 1 aliphatic heterocycles. The van der Waals surface area contributed by atoms with Crippen LogP contribution in [0.3, 0.4) is 0 Å². The van der Waals surface area contributed by atoms with Crippen molar-refractivity contribution in [3.05, 3.63) is 83.4 Å². The first kappa shape index (κ1) is 24.1. The van der Waals surface area contributed by atoms with Crippen molar-refractivity contribution >= 4 is 23.3 Å². The van der Waals surface area contributed by atoms with Gasteiger partial charge in [-0.25, -0.2) is 4.79 Å². The van der Waals surface area contributed by atoms with Crippen molar-refractivity contribution < 1.29 is 19.4 Å². The molecule has 0 aliphatic carbocycles. The lowest BCUT2D eigenvalue weighted by molar-refractivity contribution is -0.121. The van der Waals surface area contributed by atoms with Crippen molar-refractivity contribution in [2.24, 2.45) is 5.92 Å². The van der Waals surface area contributed by atoms with Gasteiger partial charge in [0.1, 0.15) is 18.1 Å². The van der Waals surface area contributed by atoms with Gasteiger partial charge in [-0.15, -0.1) is 0 Å². The number of fused-ring (bicyclic) bond motifs is 1. The van der Waals surface area contributed by atoms with Gasteiger partial charge in [0.2, 0.25) is 5.91 Å². The highest BCUT2D eigenvalue weighted by Crippen LogP contribution is 2.27. The van der Waals surface area contributed by atoms with Gasteiger partial charge < -0.3 is 25.0 Å². The summed E-state index contributed by atoms with van der Waals surface area (Å²) in [4.78, 5) is 29.4. The molecular weight excluding hydrogens is 442 g/mol. The van der Waals surface area contributed by atoms with E-state index in [4.69, 9.17) is 4.74 Å². The number of carbonyl (C=O) groups is 2. The monoisotopic (exact) mass is 473 g/mol. The number of rotatable bonds is 5. The van der Waals surface area contributed by atoms with Crippen molar-refractivity contribution in [3.8, 4) is 11.5 Å². The zero-order valence-electron chi connectivity index (χ0n) is 20.3. The largest absolute Gasteiger partial charge is 0.508 e. The number of hydrogen-bond donors (Lipinski definition) is 2. The summed E-state index contributed by atoms with van der Waals surface area (Å²) >= 11 is 0. The third kappa shape index (κ3) is 5.93. The summed E-state index contributed by atoms with van der Waals surface area (Å²) in [5, 5.41) is 12.5. The molecule has 7 nitrogen and oxygen atoms in total. The predicted molar refractivity (Wildman–Crippen MR) is 137 cm³/mol. The van der Waals surface area contributed by atoms with Crippen molar-refractivity contribution in [2.45, 2.75) is 33.9 Å². The number of anilines is 2. The maximum absolute atomic E-state index is 13.0. The normalized spacial score (nSPS) is 13.0. The molecular formula is C28H31N3O4. The van der Waals surface area contributed by atoms with E-state index in [-0.39, 0.29) is 23.6 Å². The Labute approximate surface area is 205 Å². The van der Waals surface area contributed by atoms with Crippen LogP contribution in [0.25, 0.3) is 0 Å². The van der Waals surface area contributed by atoms with Crippen molar-refractivity contribution in [2.75, 3.05) is 23.4 Å². The summed E-state index contributed by atoms with van der Waals surface area (Å²) < 4.78 is 5.90. The van der Waals surface area contributed by atoms with Crippen LogP contribution in [0.2, 0.25) is 0 Å². The molecule has 3 amide bonds. The molecule has 4 rings (SSSR count). The standard InChI is InChI=1S/C28H31N3O4/c1-19(2)27(33)31(24-10-7-20(3)8-11-24)17-21-9-12-26-22(15-21)18-30(13-14-35-26)28(34)29-23-5-4-6-25(32)16-23/h4-12,15-16,19,32H,13-14,17-18H2,1-3H3,(H,29,34). The predicted octanol–water partition coefficient (Wildman–Crippen LogP) is 5.32. The molecule has 2 N–H and O–H groups in total. The van der Waals surface area contributed by atoms with Gasteiger partial charge in [-0.3, -0.25) is 4.79 Å². The van der Waals surface area contributed by atoms with Gasteiger partial charge in [0.05, 0.1) is 19.6 Å². The number of nitrogens with zero attached hydrogens (tertiary/aromatic N) is 2. The Kier molecular flexibility index (Phi) is 7.25. The molecule has 0 spiro atoms. The molecule has 0 fully saturated rings. The van der Waals surface area contributed by atoms with E-state index in [2.05, 4.69) is 5.32 Å². The fraction of sp³-hybridized carbons (Fsp3) is 0.286. The van der Waals surface area contributed by atoms with E-state index in [1.54, 1.807) is 28.0 Å². The summed E-state index contributed by atoms with van der Waals surface area (Å²) in [6.07, 6.45) is 0. The summed E-state index contributed by atoms with van der Waals surface area (Å²) in [7, 11) is 0. The highest BCUT2D eigenvalue weighted by molar-refractivity contribution is 5.94. The minimum atomic E-state index is -0.270. The van der Waals surface area contributed by atoms with E-state index >= 15 is 0 Å². The molecule has 0 bridgehead atoms. The molecule has 0 unspecified atom stereocenters. The number of carbonyl (C=O) groups excluding carboxylic acids is 2. The van der Waals surface area contributed by atoms with E-state index in [0.717, 1.165) is 28.1 Å². The van der Waals surface area contributed by atoms with Gasteiger partial charge >= 0.3 is 6.03 Å². The number of urea groups is 1. The Morgan fingerprint density at radius 1 is 1.09 bits per heavy atom. The van der Waals surface area contributed by atoms with Gasteiger partial charge in [-0.05, 0) is 48.9 Å². The van der Waals surface area contributed by atoms with Crippen LogP contribution >= 0.6 is 0 Å². The number of hydrogen-bond acceptors (Lipinski definition) is 4. The van der Waals surface area contributed by atoms with Gasteiger partial charge in [0.15, 0.2) is 0 Å². The first-order valence-electron chi connectivity index (χ1n) is 11.8. The maximum Gasteiger partial charge on any atom is 0.322 e. The average Bonchev–Trinajstić information content (AvgIpc) is 3.05. The van der Waals surface area contributed by atoms with Gasteiger partial charge in [-0.2, -0.15) is 0 Å². The van der Waals surface area contributed by atoms with Crippen molar-refractivity contribution in [1.29, 1.82) is 0 Å². The molecule has 0 saturated heterocycles. The molecule has 7 heteroatoms. The minimum Gasteiger partial charge on any atom is -0.508 e. The first-order chi connectivity index (χ1) is 16.8. The Morgan fingerprint density at radius 2 is 1.86 bits per heavy atom. The van der Waals surface area contributed by atoms with Crippen molar-refractivity contribution in [3.63, 3.8) is 0 Å². The fourth-order valence-electron chi connectivity index (χ4n) is 4.02. The second-order valence-corrected chi connectivity index (χ2v) is 9.11. The first-order valence-corrected chi connectivity index (χ1v) is 11.8. The number of phenols is 1. The third-order valence-electron chi connectivity index (χ3n) is 5.94. The van der Waals surface area contributed by atoms with E-state index in [0.29, 0.717) is 31.9 Å². The molecule has 35 heavy (non-hydrogen) atoms. The molecule has 3 aromatic carbocycles. The Balaban J connectivity index is 1.54. The summed E-state index contributed by atoms with van der Waals surface area (Å²) in [6, 6.07) is 20.0. The maximum atomic E-state index is 13.0. The van der Waals surface area contributed by atoms with Crippen LogP contribution < -0.4 is 15.0 Å². The lowest BCUT2D eigenvalue weighted by Crippen LogP contribution is -2.36. The van der Waals surface area contributed by atoms with Gasteiger partial charge in [0, 0.05) is 28.9 Å². The van der Waals surface area contributed by atoms with Crippen LogP contribution in [-0.4, -0.2) is 35.1 Å². The molecule has 0 aromatic heterocycles. The molecule has 0 atom stereocenters. The van der Waals surface area contributed by atoms with Crippen LogP contribution in [0, 0.1) is 12.8 Å². The lowest BCUT2D eigenvalue weighted by Gasteiger charge is -2.26. The number of nitrogens with one attached hydrogen (secondary N) is 1. The highest BCUT2D eigenvalue weighted by atomic mass is 16.5. The Hall–Kier alpha value is -4.00. The second-order valence-electron chi connectivity index (χ2n) is 9.11. The Morgan fingerprint density at radius 3 is 2.57 bits per heavy atom. The summed E-state index contributed by atoms with van der Waals surface area (Å²) in [6.45, 7) is 7.42. The van der Waals surface area contributed by atoms with Crippen LogP contribution in [0.1, 0.15) is 30.5 Å². The topological polar surface area (TPSA) is 82.1 Å². The van der Waals surface area contributed by atoms with Gasteiger partial charge in [-0.1, -0.05) is 43.7 Å². The number of aryl methyl sites for hydroxylation is 1. The smallest absolute Gasteiger partial charge is 0.322 e. The van der Waals surface area contributed by atoms with E-state index in [9.17, 15) is 14.7 Å². The van der Waals surface area contributed by atoms with Crippen LogP contribution in [0.5, 0.6) is 11.5 Å². The number of amides is 3. The molecule has 1 aliphatic rings. The molecule has 3 aromatic rings. The highest BCUT2D eigenvalue weighted by Gasteiger charge is 2.23. The third-order valence-corrected chi connectivity index (χ3v) is 5.94. The van der Waals surface area contributed by atoms with E-state index < -0.39 is 0 Å². The molecule has 0 radical (unpaired) electrons. The molecule has 0 saturated carbocycles. The van der Waals surface area contributed by atoms with E-state index in [1.807, 2.05) is 63.2 Å². The number of benzene rings is 3. The zero-order chi connectivity index (χ0) is 24.9. The fourth-order valence-corrected chi connectivity index (χ4v) is 4.02. The van der Waals surface area contributed by atoms with Crippen LogP contribution in [0.15, 0.2) is 66.7 Å². The molecule has 1 heterocycles. The number of aromatic hydroxyl groups is 1. The quantitative estimate of drug-likeness (QED) is 0.526. The Bertz CT molecular complexity index is 1210. The SMILES string of the molecule is Cc1ccc(N(Cc2ccc3c(c2)CN(C(=O)Nc2cccc(O)c2)CCO3)C(=O)C(C)C)cc1. The lowest BCUT2D eigenvalue weighted by atomic mass is 10.1. The average molecular weight is 474 g/mol. The van der Waals surface area contributed by atoms with Gasteiger partial charge in [0.25, 0.3) is 0 Å². The summed E-state index contributed by atoms with van der Waals surface area (Å²) in [5.41, 5.74) is 4.35. The molecule has 182 valence electrons. The summed E-state index contributed by atoms with van der Waals surface area (Å²) in [5.74, 6) is 0.730. The second kappa shape index (κ2) is 10.5. The van der Waals surface area contributed by atoms with Crippen LogP contribution in [-0.2, 0) is 17.9 Å². The van der Waals surface area contributed by atoms with Crippen molar-refractivity contribution in [1.82, 2.24) is 4.90 Å². The minimum absolute atomic E-state index is 0.0483. The zero-order valence-corrected chi connectivity index (χ0v) is 20.3.